The van der Waals surface area contributed by atoms with E-state index in [1.165, 1.54) is 0 Å². The lowest BCUT2D eigenvalue weighted by Crippen LogP contribution is -2.36. The van der Waals surface area contributed by atoms with Gasteiger partial charge in [-0.05, 0) is 37.6 Å². The molecule has 0 aliphatic rings. The quantitative estimate of drug-likeness (QED) is 0.619. The number of hydrogen-bond donors (Lipinski definition) is 1. The van der Waals surface area contributed by atoms with Crippen molar-refractivity contribution >= 4 is 32.6 Å². The topological polar surface area (TPSA) is 109 Å². The average molecular weight is 415 g/mol. The number of anilines is 1. The molecule has 9 heteroatoms. The predicted octanol–water partition coefficient (Wildman–Crippen LogP) is 2.30. The number of aryl methyl sites for hydroxylation is 1. The predicted molar refractivity (Wildman–Crippen MR) is 110 cm³/mol. The first-order valence-corrected chi connectivity index (χ1v) is 10.7. The molecule has 1 heterocycles. The smallest absolute Gasteiger partial charge is 0.327 e. The van der Waals surface area contributed by atoms with Crippen LogP contribution in [0, 0.1) is 6.92 Å². The fourth-order valence-electron chi connectivity index (χ4n) is 2.93. The zero-order valence-corrected chi connectivity index (χ0v) is 17.1. The lowest BCUT2D eigenvalue weighted by atomic mass is 10.2. The largest absolute Gasteiger partial charge is 0.453 e. The van der Waals surface area contributed by atoms with Crippen molar-refractivity contribution in [2.75, 3.05) is 17.1 Å². The maximum atomic E-state index is 12.5. The van der Waals surface area contributed by atoms with E-state index in [1.54, 1.807) is 62.4 Å². The summed E-state index contributed by atoms with van der Waals surface area (Å²) in [5, 5.41) is 0.428. The molecule has 152 valence electrons. The number of ether oxygens (including phenoxy) is 1. The summed E-state index contributed by atoms with van der Waals surface area (Å²) in [5.41, 5.74) is 1.24. The highest BCUT2D eigenvalue weighted by Crippen LogP contribution is 2.22. The summed E-state index contributed by atoms with van der Waals surface area (Å²) >= 11 is 0. The average Bonchev–Trinajstić information content (AvgIpc) is 2.66. The van der Waals surface area contributed by atoms with Gasteiger partial charge >= 0.3 is 5.97 Å². The second-order valence-corrected chi connectivity index (χ2v) is 8.56. The van der Waals surface area contributed by atoms with Crippen LogP contribution in [0.15, 0.2) is 53.3 Å². The van der Waals surface area contributed by atoms with Crippen LogP contribution < -0.4 is 9.86 Å². The minimum absolute atomic E-state index is 0.184. The van der Waals surface area contributed by atoms with Gasteiger partial charge in [-0.25, -0.2) is 13.4 Å². The maximum absolute atomic E-state index is 12.5. The molecule has 2 aromatic carbocycles. The number of para-hydroxylation sites is 2. The number of carbonyl (C=O) groups excluding carboxylic acids is 1. The molecule has 29 heavy (non-hydrogen) atoms. The summed E-state index contributed by atoms with van der Waals surface area (Å²) in [7, 11) is -3.71. The molecule has 0 bridgehead atoms. The molecule has 0 aliphatic carbocycles. The van der Waals surface area contributed by atoms with Crippen molar-refractivity contribution in [3.8, 4) is 0 Å². The molecule has 3 rings (SSSR count). The number of aromatic amines is 1. The molecule has 3 aromatic rings. The second-order valence-electron chi connectivity index (χ2n) is 6.66. The van der Waals surface area contributed by atoms with Gasteiger partial charge in [0.1, 0.15) is 6.54 Å². The number of H-pyrrole nitrogens is 1. The van der Waals surface area contributed by atoms with Gasteiger partial charge in [-0.3, -0.25) is 13.9 Å². The highest BCUT2D eigenvalue weighted by molar-refractivity contribution is 7.92. The normalized spacial score (nSPS) is 12.5. The van der Waals surface area contributed by atoms with Crippen molar-refractivity contribution in [3.05, 3.63) is 70.3 Å². The molecule has 8 nitrogen and oxygen atoms in total. The van der Waals surface area contributed by atoms with E-state index in [4.69, 9.17) is 4.74 Å². The van der Waals surface area contributed by atoms with Crippen LogP contribution in [-0.2, 0) is 19.6 Å². The number of benzene rings is 2. The standard InChI is InChI=1S/C20H21N3O5S/c1-13-8-4-7-11-17(13)23(29(3,26)27)12-18(24)28-14(2)19-21-16-10-6-5-9-15(16)20(25)22-19/h4-11,14H,12H2,1-3H3,(H,21,22,25)/t14-/m0/s1. The molecule has 0 aliphatic heterocycles. The Kier molecular flexibility index (Phi) is 5.69. The molecule has 1 atom stereocenters. The Hall–Kier alpha value is -3.20. The molecule has 0 unspecified atom stereocenters. The molecular formula is C20H21N3O5S. The Morgan fingerprint density at radius 2 is 1.83 bits per heavy atom. The minimum atomic E-state index is -3.71. The van der Waals surface area contributed by atoms with E-state index < -0.39 is 28.6 Å². The van der Waals surface area contributed by atoms with Gasteiger partial charge in [-0.1, -0.05) is 30.3 Å². The zero-order valence-electron chi connectivity index (χ0n) is 16.2. The second kappa shape index (κ2) is 8.04. The number of carbonyl (C=O) groups is 1. The van der Waals surface area contributed by atoms with E-state index in [2.05, 4.69) is 9.97 Å². The van der Waals surface area contributed by atoms with Crippen LogP contribution in [0.5, 0.6) is 0 Å². The van der Waals surface area contributed by atoms with Crippen molar-refractivity contribution in [1.82, 2.24) is 9.97 Å². The Balaban J connectivity index is 1.82. The number of nitrogens with zero attached hydrogens (tertiary/aromatic N) is 2. The van der Waals surface area contributed by atoms with Crippen LogP contribution in [-0.4, -0.2) is 37.2 Å². The fourth-order valence-corrected chi connectivity index (χ4v) is 3.83. The van der Waals surface area contributed by atoms with Crippen molar-refractivity contribution in [2.45, 2.75) is 20.0 Å². The monoisotopic (exact) mass is 415 g/mol. The molecule has 1 aromatic heterocycles. The van der Waals surface area contributed by atoms with Crippen molar-refractivity contribution in [2.24, 2.45) is 0 Å². The number of hydrogen-bond acceptors (Lipinski definition) is 6. The van der Waals surface area contributed by atoms with E-state index in [1.807, 2.05) is 0 Å². The van der Waals surface area contributed by atoms with E-state index >= 15 is 0 Å². The Bertz CT molecular complexity index is 1220. The van der Waals surface area contributed by atoms with Crippen LogP contribution in [0.3, 0.4) is 0 Å². The summed E-state index contributed by atoms with van der Waals surface area (Å²) in [4.78, 5) is 31.6. The molecule has 1 N–H and O–H groups in total. The summed E-state index contributed by atoms with van der Waals surface area (Å²) in [6.07, 6.45) is 0.163. The van der Waals surface area contributed by atoms with Crippen molar-refractivity contribution in [1.29, 1.82) is 0 Å². The molecule has 0 amide bonds. The molecule has 0 spiro atoms. The van der Waals surface area contributed by atoms with E-state index in [9.17, 15) is 18.0 Å². The Morgan fingerprint density at radius 1 is 1.17 bits per heavy atom. The highest BCUT2D eigenvalue weighted by Gasteiger charge is 2.24. The third kappa shape index (κ3) is 4.62. The number of aromatic nitrogens is 2. The Labute approximate surface area is 168 Å². The Morgan fingerprint density at radius 3 is 2.52 bits per heavy atom. The highest BCUT2D eigenvalue weighted by atomic mass is 32.2. The van der Waals surface area contributed by atoms with Gasteiger partial charge in [-0.15, -0.1) is 0 Å². The number of fused-ring (bicyclic) bond motifs is 1. The third-order valence-electron chi connectivity index (χ3n) is 4.38. The van der Waals surface area contributed by atoms with Crippen molar-refractivity contribution in [3.63, 3.8) is 0 Å². The van der Waals surface area contributed by atoms with Crippen molar-refractivity contribution < 1.29 is 17.9 Å². The number of nitrogens with one attached hydrogen (secondary N) is 1. The van der Waals surface area contributed by atoms with E-state index in [0.29, 0.717) is 22.2 Å². The van der Waals surface area contributed by atoms with Crippen LogP contribution in [0.2, 0.25) is 0 Å². The maximum Gasteiger partial charge on any atom is 0.327 e. The van der Waals surface area contributed by atoms with Gasteiger partial charge in [0.15, 0.2) is 11.9 Å². The lowest BCUT2D eigenvalue weighted by Gasteiger charge is -2.24. The summed E-state index contributed by atoms with van der Waals surface area (Å²) in [6.45, 7) is 2.82. The van der Waals surface area contributed by atoms with Crippen LogP contribution in [0.25, 0.3) is 10.9 Å². The van der Waals surface area contributed by atoms with Gasteiger partial charge in [-0.2, -0.15) is 0 Å². The summed E-state index contributed by atoms with van der Waals surface area (Å²) in [6, 6.07) is 13.7. The number of sulfonamides is 1. The van der Waals surface area contributed by atoms with Gasteiger partial charge < -0.3 is 9.72 Å². The van der Waals surface area contributed by atoms with Crippen LogP contribution >= 0.6 is 0 Å². The summed E-state index contributed by atoms with van der Waals surface area (Å²) < 4.78 is 30.8. The first kappa shape index (κ1) is 20.5. The lowest BCUT2D eigenvalue weighted by molar-refractivity contribution is -0.147. The number of rotatable bonds is 6. The van der Waals surface area contributed by atoms with Gasteiger partial charge in [0.05, 0.1) is 22.8 Å². The third-order valence-corrected chi connectivity index (χ3v) is 5.51. The molecule has 0 radical (unpaired) electrons. The minimum Gasteiger partial charge on any atom is -0.453 e. The molecular weight excluding hydrogens is 394 g/mol. The van der Waals surface area contributed by atoms with Crippen LogP contribution in [0.4, 0.5) is 5.69 Å². The van der Waals surface area contributed by atoms with E-state index in [-0.39, 0.29) is 11.4 Å². The molecule has 0 fully saturated rings. The van der Waals surface area contributed by atoms with Crippen LogP contribution in [0.1, 0.15) is 24.4 Å². The first-order chi connectivity index (χ1) is 13.7. The van der Waals surface area contributed by atoms with Gasteiger partial charge in [0.2, 0.25) is 10.0 Å². The number of esters is 1. The van der Waals surface area contributed by atoms with Gasteiger partial charge in [0.25, 0.3) is 5.56 Å². The summed E-state index contributed by atoms with van der Waals surface area (Å²) in [5.74, 6) is -0.578. The zero-order chi connectivity index (χ0) is 21.2. The van der Waals surface area contributed by atoms with Gasteiger partial charge in [0, 0.05) is 0 Å². The fraction of sp³-hybridized carbons (Fsp3) is 0.250. The molecule has 0 saturated heterocycles. The van der Waals surface area contributed by atoms with E-state index in [0.717, 1.165) is 10.6 Å². The SMILES string of the molecule is Cc1ccccc1N(CC(=O)O[C@@H](C)c1nc2ccccc2c(=O)[nH]1)S(C)(=O)=O. The first-order valence-electron chi connectivity index (χ1n) is 8.88. The molecule has 0 saturated carbocycles.